The normalized spacial score (nSPS) is 15.7. The van der Waals surface area contributed by atoms with Crippen LogP contribution in [0.1, 0.15) is 87.6 Å². The minimum Gasteiger partial charge on any atom is -0.508 e. The minimum absolute atomic E-state index is 0.220. The molecule has 1 aromatic rings. The number of phenols is 1. The molecule has 0 radical (unpaired) electrons. The number of nitrogens with one attached hydrogen (secondary N) is 1. The van der Waals surface area contributed by atoms with Gasteiger partial charge in [0.25, 0.3) is 0 Å². The molecule has 3 nitrogen and oxygen atoms in total. The van der Waals surface area contributed by atoms with Crippen LogP contribution in [0.15, 0.2) is 84.5 Å². The van der Waals surface area contributed by atoms with Gasteiger partial charge in [-0.2, -0.15) is 0 Å². The van der Waals surface area contributed by atoms with Crippen molar-refractivity contribution in [1.82, 2.24) is 5.32 Å². The lowest BCUT2D eigenvalue weighted by Crippen LogP contribution is -2.32. The van der Waals surface area contributed by atoms with Crippen LogP contribution in [-0.2, 0) is 4.74 Å². The second kappa shape index (κ2) is 33.6. The van der Waals surface area contributed by atoms with Gasteiger partial charge in [0.15, 0.2) is 0 Å². The predicted molar refractivity (Wildman–Crippen MR) is 171 cm³/mol. The number of phenolic OH excluding ortho intramolecular Hbond substituents is 1. The van der Waals surface area contributed by atoms with Gasteiger partial charge in [0.2, 0.25) is 0 Å². The Morgan fingerprint density at radius 2 is 1.59 bits per heavy atom. The molecule has 1 aliphatic heterocycles. The van der Waals surface area contributed by atoms with Crippen LogP contribution in [0, 0.1) is 12.8 Å². The maximum absolute atomic E-state index is 8.92. The molecule has 2 aliphatic rings. The van der Waals surface area contributed by atoms with E-state index in [0.717, 1.165) is 25.1 Å². The Morgan fingerprint density at radius 1 is 1.03 bits per heavy atom. The number of para-hydroxylation sites is 1. The molecule has 2 atom stereocenters. The molecule has 1 saturated heterocycles. The molecule has 0 amide bonds. The summed E-state index contributed by atoms with van der Waals surface area (Å²) in [5, 5.41) is 12.1. The van der Waals surface area contributed by atoms with Crippen molar-refractivity contribution in [3.05, 3.63) is 90.1 Å². The smallest absolute Gasteiger partial charge is 0.118 e. The van der Waals surface area contributed by atoms with Crippen LogP contribution >= 0.6 is 0 Å². The highest BCUT2D eigenvalue weighted by Crippen LogP contribution is 2.26. The summed E-state index contributed by atoms with van der Waals surface area (Å²) in [6, 6.07) is 7.25. The van der Waals surface area contributed by atoms with E-state index in [-0.39, 0.29) is 6.10 Å². The average molecular weight is 516 g/mol. The monoisotopic (exact) mass is 515 g/mol. The third-order valence-electron chi connectivity index (χ3n) is 4.28. The number of hydrogen-bond acceptors (Lipinski definition) is 3. The Labute approximate surface area is 232 Å². The van der Waals surface area contributed by atoms with Crippen LogP contribution < -0.4 is 5.32 Å². The van der Waals surface area contributed by atoms with E-state index in [1.54, 1.807) is 12.1 Å². The summed E-state index contributed by atoms with van der Waals surface area (Å²) in [6.07, 6.45) is 16.9. The van der Waals surface area contributed by atoms with Crippen molar-refractivity contribution in [2.24, 2.45) is 5.92 Å². The van der Waals surface area contributed by atoms with Gasteiger partial charge in [-0.1, -0.05) is 135 Å². The molecule has 1 aromatic carbocycles. The van der Waals surface area contributed by atoms with E-state index < -0.39 is 0 Å². The topological polar surface area (TPSA) is 41.5 Å². The molecule has 1 aliphatic carbocycles. The fraction of sp³-hybridized carbons (Fsp3) is 0.529. The highest BCUT2D eigenvalue weighted by Gasteiger charge is 2.23. The zero-order valence-electron chi connectivity index (χ0n) is 26.4. The predicted octanol–water partition coefficient (Wildman–Crippen LogP) is 10.00. The van der Waals surface area contributed by atoms with Gasteiger partial charge < -0.3 is 15.2 Å². The number of benzene rings is 1. The van der Waals surface area contributed by atoms with Gasteiger partial charge >= 0.3 is 0 Å². The molecule has 0 aromatic heterocycles. The maximum Gasteiger partial charge on any atom is 0.118 e. The molecular weight excluding hydrogens is 454 g/mol. The molecule has 3 heteroatoms. The standard InChI is InChI=1S/C12H17NO.C7H8O.C6H10.C3H8.3C2H6/c1-13-8-10-7-11-5-3-2-4-6-12(11)14-9-10;1-6-4-2-3-5-7(6)8;1-4-5-6(2)3;1-3-2;3*1-2/h2-6,10,12-13H,7-9H2,1H3;2-5,8H,1H3;4-5H,1H2,2-3H3;3H2,1-2H3;3*1-2H3. The van der Waals surface area contributed by atoms with E-state index in [9.17, 15) is 0 Å². The van der Waals surface area contributed by atoms with E-state index in [4.69, 9.17) is 9.84 Å². The first-order valence-corrected chi connectivity index (χ1v) is 14.2. The van der Waals surface area contributed by atoms with Crippen molar-refractivity contribution < 1.29 is 9.84 Å². The fourth-order valence-corrected chi connectivity index (χ4v) is 2.82. The van der Waals surface area contributed by atoms with Crippen molar-refractivity contribution in [3.8, 4) is 5.75 Å². The summed E-state index contributed by atoms with van der Waals surface area (Å²) in [7, 11) is 1.99. The molecule has 37 heavy (non-hydrogen) atoms. The number of aryl methyl sites for hydroxylation is 1. The number of ether oxygens (including phenoxy) is 1. The summed E-state index contributed by atoms with van der Waals surface area (Å²) >= 11 is 0. The van der Waals surface area contributed by atoms with Gasteiger partial charge in [0, 0.05) is 6.54 Å². The first-order chi connectivity index (χ1) is 17.9. The highest BCUT2D eigenvalue weighted by atomic mass is 16.5. The molecule has 2 unspecified atom stereocenters. The second-order valence-corrected chi connectivity index (χ2v) is 7.87. The number of rotatable bonds is 3. The molecule has 3 rings (SSSR count). The van der Waals surface area contributed by atoms with E-state index >= 15 is 0 Å². The van der Waals surface area contributed by atoms with Crippen LogP contribution in [0.3, 0.4) is 0 Å². The van der Waals surface area contributed by atoms with Crippen LogP contribution in [0.2, 0.25) is 0 Å². The second-order valence-electron chi connectivity index (χ2n) is 7.87. The van der Waals surface area contributed by atoms with Crippen LogP contribution in [0.4, 0.5) is 0 Å². The Kier molecular flexibility index (Phi) is 38.0. The largest absolute Gasteiger partial charge is 0.508 e. The number of fused-ring (bicyclic) bond motifs is 1. The molecule has 2 N–H and O–H groups in total. The van der Waals surface area contributed by atoms with Crippen LogP contribution in [0.5, 0.6) is 5.75 Å². The first-order valence-electron chi connectivity index (χ1n) is 14.2. The maximum atomic E-state index is 8.92. The Balaban J connectivity index is -0.000000204. The van der Waals surface area contributed by atoms with Crippen molar-refractivity contribution in [2.75, 3.05) is 20.2 Å². The van der Waals surface area contributed by atoms with E-state index in [0.29, 0.717) is 11.7 Å². The number of hydrogen-bond donors (Lipinski definition) is 2. The number of allylic oxidation sites excluding steroid dienone is 7. The van der Waals surface area contributed by atoms with Crippen molar-refractivity contribution in [3.63, 3.8) is 0 Å². The quantitative estimate of drug-likeness (QED) is 0.393. The van der Waals surface area contributed by atoms with Gasteiger partial charge in [-0.3, -0.25) is 0 Å². The molecule has 0 bridgehead atoms. The zero-order valence-corrected chi connectivity index (χ0v) is 26.4. The molecular formula is C34H61NO2. The number of aromatic hydroxyl groups is 1. The summed E-state index contributed by atoms with van der Waals surface area (Å²) in [6.45, 7) is 27.6. The first kappa shape index (κ1) is 41.8. The minimum atomic E-state index is 0.220. The lowest BCUT2D eigenvalue weighted by molar-refractivity contribution is 0.0473. The van der Waals surface area contributed by atoms with Crippen LogP contribution in [-0.4, -0.2) is 31.4 Å². The van der Waals surface area contributed by atoms with Gasteiger partial charge in [0.05, 0.1) is 12.7 Å². The lowest BCUT2D eigenvalue weighted by atomic mass is 9.93. The Morgan fingerprint density at radius 3 is 2.00 bits per heavy atom. The molecule has 0 spiro atoms. The third-order valence-corrected chi connectivity index (χ3v) is 4.28. The SMILES string of the molecule is C=CC=C(C)C.CC.CC.CC.CCC.CNCC1COC2C=CC=CC=C2C1.Cc1ccccc1O. The van der Waals surface area contributed by atoms with Gasteiger partial charge in [-0.25, -0.2) is 0 Å². The van der Waals surface area contributed by atoms with Crippen LogP contribution in [0.25, 0.3) is 0 Å². The van der Waals surface area contributed by atoms with Gasteiger partial charge in [0.1, 0.15) is 5.75 Å². The van der Waals surface area contributed by atoms with Crippen molar-refractivity contribution in [1.29, 1.82) is 0 Å². The zero-order chi connectivity index (χ0) is 29.5. The van der Waals surface area contributed by atoms with Crippen molar-refractivity contribution >= 4 is 0 Å². The summed E-state index contributed by atoms with van der Waals surface area (Å²) in [5.74, 6) is 0.995. The highest BCUT2D eigenvalue weighted by molar-refractivity contribution is 5.30. The average Bonchev–Trinajstić information content (AvgIpc) is 3.16. The third kappa shape index (κ3) is 26.5. The molecule has 0 saturated carbocycles. The molecule has 1 fully saturated rings. The van der Waals surface area contributed by atoms with Crippen molar-refractivity contribution in [2.45, 2.75) is 95.1 Å². The fourth-order valence-electron chi connectivity index (χ4n) is 2.82. The summed E-state index contributed by atoms with van der Waals surface area (Å²) < 4.78 is 5.79. The van der Waals surface area contributed by atoms with Gasteiger partial charge in [-0.15, -0.1) is 0 Å². The summed E-state index contributed by atoms with van der Waals surface area (Å²) in [5.41, 5.74) is 3.62. The lowest BCUT2D eigenvalue weighted by Gasteiger charge is -2.29. The molecule has 214 valence electrons. The Hall–Kier alpha value is -2.36. The Bertz CT molecular complexity index is 704. The van der Waals surface area contributed by atoms with E-state index in [2.05, 4.69) is 56.1 Å². The van der Waals surface area contributed by atoms with Gasteiger partial charge in [-0.05, 0) is 57.4 Å². The van der Waals surface area contributed by atoms with E-state index in [1.807, 2.05) is 93.6 Å². The van der Waals surface area contributed by atoms with E-state index in [1.165, 1.54) is 17.6 Å². The summed E-state index contributed by atoms with van der Waals surface area (Å²) in [4.78, 5) is 0. The molecule has 1 heterocycles.